The van der Waals surface area contributed by atoms with Crippen molar-refractivity contribution in [1.82, 2.24) is 0 Å². The van der Waals surface area contributed by atoms with Crippen LogP contribution in [0.25, 0.3) is 0 Å². The summed E-state index contributed by atoms with van der Waals surface area (Å²) in [5, 5.41) is 10.7. The Bertz CT molecular complexity index is 1980. The number of hydrogen-bond donors (Lipinski definition) is 3. The molecule has 3 N–H and O–H groups in total. The molecular formula is C84H164O17P2. The van der Waals surface area contributed by atoms with Crippen molar-refractivity contribution in [3.63, 3.8) is 0 Å². The Hall–Kier alpha value is -1.94. The summed E-state index contributed by atoms with van der Waals surface area (Å²) >= 11 is 0. The van der Waals surface area contributed by atoms with Gasteiger partial charge in [0.2, 0.25) is 0 Å². The fourth-order valence-electron chi connectivity index (χ4n) is 13.1. The Balaban J connectivity index is 5.25. The van der Waals surface area contributed by atoms with Crippen LogP contribution < -0.4 is 0 Å². The van der Waals surface area contributed by atoms with Crippen LogP contribution in [-0.2, 0) is 65.4 Å². The molecule has 0 rings (SSSR count). The second-order valence-electron chi connectivity index (χ2n) is 31.2. The van der Waals surface area contributed by atoms with Gasteiger partial charge in [-0.15, -0.1) is 0 Å². The van der Waals surface area contributed by atoms with Crippen molar-refractivity contribution >= 4 is 39.5 Å². The van der Waals surface area contributed by atoms with Gasteiger partial charge in [-0.3, -0.25) is 37.3 Å². The van der Waals surface area contributed by atoms with Gasteiger partial charge in [-0.25, -0.2) is 9.13 Å². The van der Waals surface area contributed by atoms with Crippen LogP contribution in [-0.4, -0.2) is 96.7 Å². The smallest absolute Gasteiger partial charge is 0.462 e. The first-order chi connectivity index (χ1) is 49.9. The number of hydrogen-bond acceptors (Lipinski definition) is 15. The Morgan fingerprint density at radius 1 is 0.262 bits per heavy atom. The Morgan fingerprint density at radius 3 is 0.660 bits per heavy atom. The number of ether oxygens (including phenoxy) is 4. The minimum absolute atomic E-state index is 0.106. The number of esters is 4. The largest absolute Gasteiger partial charge is 0.472 e. The lowest BCUT2D eigenvalue weighted by Gasteiger charge is -2.21. The maximum Gasteiger partial charge on any atom is 0.472 e. The Morgan fingerprint density at radius 2 is 0.447 bits per heavy atom. The molecule has 0 aromatic heterocycles. The fourth-order valence-corrected chi connectivity index (χ4v) is 14.6. The van der Waals surface area contributed by atoms with Crippen LogP contribution in [0.15, 0.2) is 0 Å². The van der Waals surface area contributed by atoms with Crippen LogP contribution in [0.1, 0.15) is 446 Å². The number of carbonyl (C=O) groups is 4. The highest BCUT2D eigenvalue weighted by atomic mass is 31.2. The van der Waals surface area contributed by atoms with E-state index in [4.69, 9.17) is 37.0 Å². The van der Waals surface area contributed by atoms with Crippen molar-refractivity contribution < 1.29 is 80.2 Å². The van der Waals surface area contributed by atoms with Gasteiger partial charge >= 0.3 is 39.5 Å². The standard InChI is InChI=1S/C84H164O17P2/c1-7-9-11-13-15-17-19-21-23-25-26-27-29-31-33-35-44-50-56-62-68-83(88)100-79(72-94-81(86)66-60-54-48-42-34-32-30-28-24-22-20-18-16-14-12-10-8-2)74-98-102(90,91)96-70-78(85)71-97-103(92,93)99-75-80(101-84(89)69-63-57-51-45-39-37-41-47-53-59-65-77(5)6)73-95-82(87)67-61-55-49-43-38-36-40-46-52-58-64-76(3)4/h76-80,85H,7-75H2,1-6H3,(H,90,91)(H,92,93)/t78-,79-,80-/m1/s1. The van der Waals surface area contributed by atoms with Crippen molar-refractivity contribution in [2.75, 3.05) is 39.6 Å². The molecule has 19 heteroatoms. The van der Waals surface area contributed by atoms with Crippen molar-refractivity contribution in [1.29, 1.82) is 0 Å². The summed E-state index contributed by atoms with van der Waals surface area (Å²) in [6, 6.07) is 0. The van der Waals surface area contributed by atoms with Gasteiger partial charge in [0.25, 0.3) is 0 Å². The minimum atomic E-state index is -4.96. The highest BCUT2D eigenvalue weighted by Gasteiger charge is 2.30. The molecule has 0 spiro atoms. The fraction of sp³-hybridized carbons (Fsp3) is 0.952. The number of phosphoric ester groups is 2. The number of phosphoric acid groups is 2. The van der Waals surface area contributed by atoms with Gasteiger partial charge in [-0.2, -0.15) is 0 Å². The van der Waals surface area contributed by atoms with E-state index in [2.05, 4.69) is 41.5 Å². The SMILES string of the molecule is CCCCCCCCCCCCCCCCCCCCCCC(=O)O[C@H](COC(=O)CCCCCCCCCCCCCCCCCCC)COP(=O)(O)OC[C@@H](O)COP(=O)(O)OC[C@@H](COC(=O)CCCCCCCCCCCCC(C)C)OC(=O)CCCCCCCCCCCCC(C)C. The van der Waals surface area contributed by atoms with Crippen LogP contribution in [0.4, 0.5) is 0 Å². The van der Waals surface area contributed by atoms with E-state index in [-0.39, 0.29) is 25.7 Å². The lowest BCUT2D eigenvalue weighted by atomic mass is 10.0. The predicted octanol–water partition coefficient (Wildman–Crippen LogP) is 25.5. The summed E-state index contributed by atoms with van der Waals surface area (Å²) in [5.74, 6) is -0.594. The third kappa shape index (κ3) is 78.0. The molecule has 0 fully saturated rings. The van der Waals surface area contributed by atoms with E-state index in [0.29, 0.717) is 25.7 Å². The maximum atomic E-state index is 13.1. The molecule has 103 heavy (non-hydrogen) atoms. The summed E-state index contributed by atoms with van der Waals surface area (Å²) in [6.45, 7) is 9.64. The average Bonchev–Trinajstić information content (AvgIpc) is 0.936. The molecule has 0 amide bonds. The number of rotatable bonds is 83. The maximum absolute atomic E-state index is 13.1. The summed E-state index contributed by atoms with van der Waals surface area (Å²) < 4.78 is 68.8. The second kappa shape index (κ2) is 75.5. The molecule has 0 aliphatic carbocycles. The van der Waals surface area contributed by atoms with E-state index in [0.717, 1.165) is 102 Å². The first kappa shape index (κ1) is 101. The highest BCUT2D eigenvalue weighted by Crippen LogP contribution is 2.45. The second-order valence-corrected chi connectivity index (χ2v) is 34.1. The van der Waals surface area contributed by atoms with Crippen molar-refractivity contribution in [3.05, 3.63) is 0 Å². The first-order valence-corrected chi connectivity index (χ1v) is 46.5. The van der Waals surface area contributed by atoms with Crippen LogP contribution in [0.3, 0.4) is 0 Å². The topological polar surface area (TPSA) is 237 Å². The molecule has 0 aromatic rings. The molecule has 0 aliphatic heterocycles. The lowest BCUT2D eigenvalue weighted by Crippen LogP contribution is -2.30. The summed E-state index contributed by atoms with van der Waals surface area (Å²) in [4.78, 5) is 73.2. The van der Waals surface area contributed by atoms with Crippen LogP contribution in [0.5, 0.6) is 0 Å². The number of unbranched alkanes of at least 4 members (excludes halogenated alkanes) is 53. The Kier molecular flexibility index (Phi) is 74.1. The van der Waals surface area contributed by atoms with Gasteiger partial charge in [0.15, 0.2) is 12.2 Å². The summed E-state index contributed by atoms with van der Waals surface area (Å²) in [6.07, 6.45) is 66.6. The molecule has 2 unspecified atom stereocenters. The predicted molar refractivity (Wildman–Crippen MR) is 423 cm³/mol. The minimum Gasteiger partial charge on any atom is -0.462 e. The van der Waals surface area contributed by atoms with Crippen molar-refractivity contribution in [2.24, 2.45) is 11.8 Å². The monoisotopic (exact) mass is 1510 g/mol. The number of carbonyl (C=O) groups excluding carboxylic acids is 4. The molecule has 0 saturated carbocycles. The first-order valence-electron chi connectivity index (χ1n) is 43.5. The van der Waals surface area contributed by atoms with Crippen LogP contribution in [0.2, 0.25) is 0 Å². The highest BCUT2D eigenvalue weighted by molar-refractivity contribution is 7.47. The van der Waals surface area contributed by atoms with E-state index in [1.165, 1.54) is 263 Å². The third-order valence-corrected chi connectivity index (χ3v) is 21.6. The molecule has 0 aliphatic rings. The van der Waals surface area contributed by atoms with Gasteiger partial charge in [-0.05, 0) is 37.5 Å². The van der Waals surface area contributed by atoms with E-state index < -0.39 is 97.5 Å². The molecule has 612 valence electrons. The number of aliphatic hydroxyl groups is 1. The summed E-state index contributed by atoms with van der Waals surface area (Å²) in [7, 11) is -9.93. The molecule has 17 nitrogen and oxygen atoms in total. The van der Waals surface area contributed by atoms with Gasteiger partial charge in [-0.1, -0.05) is 395 Å². The van der Waals surface area contributed by atoms with Crippen molar-refractivity contribution in [2.45, 2.75) is 464 Å². The van der Waals surface area contributed by atoms with E-state index >= 15 is 0 Å². The zero-order valence-corrected chi connectivity index (χ0v) is 69.4. The molecule has 5 atom stereocenters. The molecule has 0 saturated heterocycles. The quantitative estimate of drug-likeness (QED) is 0.0222. The Labute approximate surface area is 632 Å². The molecule has 0 aromatic carbocycles. The normalized spacial score (nSPS) is 13.9. The van der Waals surface area contributed by atoms with E-state index in [1.807, 2.05) is 0 Å². The van der Waals surface area contributed by atoms with Crippen molar-refractivity contribution in [3.8, 4) is 0 Å². The van der Waals surface area contributed by atoms with Gasteiger partial charge in [0, 0.05) is 25.7 Å². The van der Waals surface area contributed by atoms with Gasteiger partial charge in [0.05, 0.1) is 26.4 Å². The average molecular weight is 1510 g/mol. The number of aliphatic hydroxyl groups excluding tert-OH is 1. The zero-order valence-electron chi connectivity index (χ0n) is 67.6. The zero-order chi connectivity index (χ0) is 75.6. The van der Waals surface area contributed by atoms with Crippen LogP contribution in [0, 0.1) is 11.8 Å². The molecule has 0 bridgehead atoms. The molecule has 0 heterocycles. The van der Waals surface area contributed by atoms with E-state index in [1.54, 1.807) is 0 Å². The van der Waals surface area contributed by atoms with Gasteiger partial charge < -0.3 is 33.8 Å². The van der Waals surface area contributed by atoms with E-state index in [9.17, 15) is 43.2 Å². The lowest BCUT2D eigenvalue weighted by molar-refractivity contribution is -0.161. The van der Waals surface area contributed by atoms with Crippen LogP contribution >= 0.6 is 15.6 Å². The van der Waals surface area contributed by atoms with Gasteiger partial charge in [0.1, 0.15) is 19.3 Å². The summed E-state index contributed by atoms with van der Waals surface area (Å²) in [5.41, 5.74) is 0. The molecular weight excluding hydrogens is 1340 g/mol. The third-order valence-electron chi connectivity index (χ3n) is 19.7. The molecule has 0 radical (unpaired) electrons.